The van der Waals surface area contributed by atoms with Crippen molar-refractivity contribution in [2.45, 2.75) is 51.1 Å². The molecule has 1 aliphatic rings. The Labute approximate surface area is 142 Å². The second-order valence-electron chi connectivity index (χ2n) is 6.09. The molecule has 0 amide bonds. The molecule has 2 N–H and O–H groups in total. The van der Waals surface area contributed by atoms with Crippen molar-refractivity contribution >= 4 is 23.1 Å². The van der Waals surface area contributed by atoms with Crippen molar-refractivity contribution in [1.82, 2.24) is 9.97 Å². The molecule has 0 spiro atoms. The van der Waals surface area contributed by atoms with Crippen molar-refractivity contribution in [2.24, 2.45) is 5.73 Å². The first-order chi connectivity index (χ1) is 11.2. The lowest BCUT2D eigenvalue weighted by Crippen LogP contribution is -2.39. The first kappa shape index (κ1) is 16.2. The molecule has 1 saturated carbocycles. The van der Waals surface area contributed by atoms with E-state index in [1.54, 1.807) is 6.33 Å². The van der Waals surface area contributed by atoms with E-state index in [1.807, 2.05) is 18.2 Å². The lowest BCUT2D eigenvalue weighted by molar-refractivity contribution is 0.390. The maximum Gasteiger partial charge on any atom is 0.155 e. The zero-order valence-corrected chi connectivity index (χ0v) is 14.2. The van der Waals surface area contributed by atoms with E-state index in [2.05, 4.69) is 33.9 Å². The van der Waals surface area contributed by atoms with E-state index < -0.39 is 0 Å². The van der Waals surface area contributed by atoms with Gasteiger partial charge in [-0.3, -0.25) is 0 Å². The maximum absolute atomic E-state index is 6.61. The summed E-state index contributed by atoms with van der Waals surface area (Å²) in [5.41, 5.74) is 8.09. The van der Waals surface area contributed by atoms with Gasteiger partial charge in [-0.1, -0.05) is 36.7 Å². The van der Waals surface area contributed by atoms with Crippen LogP contribution in [-0.4, -0.2) is 22.1 Å². The SMILES string of the molecule is CCc1ncnc(N(c2ccccc2)C2CCC(N)CC2)c1Cl. The standard InChI is InChI=1S/C18H23ClN4/c1-2-16-17(19)18(22-12-21-16)23(14-6-4-3-5-7-14)15-10-8-13(20)9-11-15/h3-7,12-13,15H,2,8-11,20H2,1H3. The summed E-state index contributed by atoms with van der Waals surface area (Å²) in [5, 5.41) is 0.661. The van der Waals surface area contributed by atoms with Crippen molar-refractivity contribution in [3.8, 4) is 0 Å². The van der Waals surface area contributed by atoms with E-state index >= 15 is 0 Å². The molecule has 0 radical (unpaired) electrons. The molecule has 0 bridgehead atoms. The molecule has 0 unspecified atom stereocenters. The Balaban J connectivity index is 2.02. The molecular weight excluding hydrogens is 308 g/mol. The lowest BCUT2D eigenvalue weighted by Gasteiger charge is -2.37. The second kappa shape index (κ2) is 7.28. The normalized spacial score (nSPS) is 21.2. The Morgan fingerprint density at radius 2 is 1.83 bits per heavy atom. The third-order valence-electron chi connectivity index (χ3n) is 4.55. The van der Waals surface area contributed by atoms with E-state index in [9.17, 15) is 0 Å². The first-order valence-electron chi connectivity index (χ1n) is 8.30. The van der Waals surface area contributed by atoms with E-state index in [1.165, 1.54) is 0 Å². The minimum atomic E-state index is 0.316. The molecule has 23 heavy (non-hydrogen) atoms. The molecule has 5 heteroatoms. The Morgan fingerprint density at radius 3 is 2.48 bits per heavy atom. The average Bonchev–Trinajstić information content (AvgIpc) is 2.59. The quantitative estimate of drug-likeness (QED) is 0.917. The zero-order chi connectivity index (χ0) is 16.2. The summed E-state index contributed by atoms with van der Waals surface area (Å²) in [7, 11) is 0. The first-order valence-corrected chi connectivity index (χ1v) is 8.67. The van der Waals surface area contributed by atoms with Crippen LogP contribution in [0.25, 0.3) is 0 Å². The number of nitrogens with two attached hydrogens (primary N) is 1. The van der Waals surface area contributed by atoms with Crippen LogP contribution in [0.3, 0.4) is 0 Å². The van der Waals surface area contributed by atoms with Gasteiger partial charge in [-0.2, -0.15) is 0 Å². The summed E-state index contributed by atoms with van der Waals surface area (Å²) in [6, 6.07) is 11.0. The van der Waals surface area contributed by atoms with Crippen LogP contribution in [0.2, 0.25) is 5.02 Å². The highest BCUT2D eigenvalue weighted by molar-refractivity contribution is 6.33. The molecule has 1 heterocycles. The van der Waals surface area contributed by atoms with E-state index in [-0.39, 0.29) is 0 Å². The minimum absolute atomic E-state index is 0.316. The van der Waals surface area contributed by atoms with Crippen molar-refractivity contribution in [1.29, 1.82) is 0 Å². The third kappa shape index (κ3) is 3.48. The Bertz CT molecular complexity index is 639. The van der Waals surface area contributed by atoms with E-state index in [0.29, 0.717) is 17.1 Å². The van der Waals surface area contributed by atoms with E-state index in [4.69, 9.17) is 17.3 Å². The molecule has 4 nitrogen and oxygen atoms in total. The fourth-order valence-corrected chi connectivity index (χ4v) is 3.59. The highest BCUT2D eigenvalue weighted by Gasteiger charge is 2.28. The van der Waals surface area contributed by atoms with Crippen LogP contribution in [0.5, 0.6) is 0 Å². The average molecular weight is 331 g/mol. The van der Waals surface area contributed by atoms with Gasteiger partial charge >= 0.3 is 0 Å². The smallest absolute Gasteiger partial charge is 0.155 e. The van der Waals surface area contributed by atoms with Crippen LogP contribution >= 0.6 is 11.6 Å². The number of aromatic nitrogens is 2. The molecule has 2 aromatic rings. The van der Waals surface area contributed by atoms with Crippen LogP contribution in [0.4, 0.5) is 11.5 Å². The van der Waals surface area contributed by atoms with Crippen molar-refractivity contribution in [3.63, 3.8) is 0 Å². The number of hydrogen-bond donors (Lipinski definition) is 1. The van der Waals surface area contributed by atoms with Crippen molar-refractivity contribution in [3.05, 3.63) is 47.4 Å². The highest BCUT2D eigenvalue weighted by atomic mass is 35.5. The number of nitrogens with zero attached hydrogens (tertiary/aromatic N) is 3. The number of halogens is 1. The Morgan fingerprint density at radius 1 is 1.13 bits per heavy atom. The summed E-state index contributed by atoms with van der Waals surface area (Å²) in [5.74, 6) is 0.810. The molecule has 1 fully saturated rings. The molecule has 1 aromatic heterocycles. The predicted octanol–water partition coefficient (Wildman–Crippen LogP) is 4.10. The van der Waals surface area contributed by atoms with Gasteiger partial charge in [0.25, 0.3) is 0 Å². The highest BCUT2D eigenvalue weighted by Crippen LogP contribution is 2.37. The molecule has 0 aliphatic heterocycles. The van der Waals surface area contributed by atoms with Gasteiger partial charge in [-0.25, -0.2) is 9.97 Å². The Hall–Kier alpha value is -1.65. The van der Waals surface area contributed by atoms with Gasteiger partial charge in [-0.15, -0.1) is 0 Å². The number of benzene rings is 1. The molecule has 1 aliphatic carbocycles. The summed E-state index contributed by atoms with van der Waals surface area (Å²) in [6.07, 6.45) is 6.60. The van der Waals surface area contributed by atoms with Crippen LogP contribution < -0.4 is 10.6 Å². The number of rotatable bonds is 4. The van der Waals surface area contributed by atoms with Gasteiger partial charge in [0.05, 0.1) is 5.69 Å². The topological polar surface area (TPSA) is 55.0 Å². The molecule has 0 atom stereocenters. The number of para-hydroxylation sites is 1. The summed E-state index contributed by atoms with van der Waals surface area (Å²) < 4.78 is 0. The summed E-state index contributed by atoms with van der Waals surface area (Å²) >= 11 is 6.61. The van der Waals surface area contributed by atoms with E-state index in [0.717, 1.165) is 49.3 Å². The van der Waals surface area contributed by atoms with Gasteiger partial charge in [0.15, 0.2) is 5.82 Å². The van der Waals surface area contributed by atoms with Crippen LogP contribution in [0.1, 0.15) is 38.3 Å². The van der Waals surface area contributed by atoms with Crippen LogP contribution in [-0.2, 0) is 6.42 Å². The number of aryl methyl sites for hydroxylation is 1. The lowest BCUT2D eigenvalue weighted by atomic mass is 9.90. The largest absolute Gasteiger partial charge is 0.328 e. The van der Waals surface area contributed by atoms with Crippen molar-refractivity contribution in [2.75, 3.05) is 4.90 Å². The van der Waals surface area contributed by atoms with Gasteiger partial charge in [0, 0.05) is 17.8 Å². The van der Waals surface area contributed by atoms with Crippen LogP contribution in [0.15, 0.2) is 36.7 Å². The fraction of sp³-hybridized carbons (Fsp3) is 0.444. The second-order valence-corrected chi connectivity index (χ2v) is 6.46. The summed E-state index contributed by atoms with van der Waals surface area (Å²) in [4.78, 5) is 11.1. The van der Waals surface area contributed by atoms with Gasteiger partial charge in [0.2, 0.25) is 0 Å². The van der Waals surface area contributed by atoms with Gasteiger partial charge in [-0.05, 0) is 44.2 Å². The van der Waals surface area contributed by atoms with Crippen molar-refractivity contribution < 1.29 is 0 Å². The molecule has 0 saturated heterocycles. The monoisotopic (exact) mass is 330 g/mol. The molecule has 122 valence electrons. The Kier molecular flexibility index (Phi) is 5.13. The number of anilines is 2. The third-order valence-corrected chi connectivity index (χ3v) is 4.93. The molecule has 3 rings (SSSR count). The van der Waals surface area contributed by atoms with Gasteiger partial charge < -0.3 is 10.6 Å². The predicted molar refractivity (Wildman–Crippen MR) is 95.2 cm³/mol. The van der Waals surface area contributed by atoms with Gasteiger partial charge in [0.1, 0.15) is 11.3 Å². The zero-order valence-electron chi connectivity index (χ0n) is 13.5. The van der Waals surface area contributed by atoms with Crippen LogP contribution in [0, 0.1) is 0 Å². The molecule has 1 aromatic carbocycles. The molecular formula is C18H23ClN4. The maximum atomic E-state index is 6.61. The number of hydrogen-bond acceptors (Lipinski definition) is 4. The fourth-order valence-electron chi connectivity index (χ4n) is 3.26. The summed E-state index contributed by atoms with van der Waals surface area (Å²) in [6.45, 7) is 2.06. The minimum Gasteiger partial charge on any atom is -0.328 e.